The summed E-state index contributed by atoms with van der Waals surface area (Å²) < 4.78 is 5.88. The standard InChI is InChI=1S/C21H31N3O3/c1-16-6-11-23(12-7-16)14-17-4-5-18(27-17)19(25)24-13-9-21(15-24)8-3-10-22(2)20(21)26/h4-5,16H,3,6-15H2,1-2H3. The predicted octanol–water partition coefficient (Wildman–Crippen LogP) is 2.60. The van der Waals surface area contributed by atoms with Crippen molar-refractivity contribution in [2.45, 2.75) is 45.6 Å². The van der Waals surface area contributed by atoms with E-state index in [1.54, 1.807) is 6.07 Å². The number of carbonyl (C=O) groups is 2. The molecule has 0 saturated carbocycles. The van der Waals surface area contributed by atoms with Gasteiger partial charge < -0.3 is 14.2 Å². The van der Waals surface area contributed by atoms with E-state index in [0.29, 0.717) is 18.8 Å². The normalized spacial score (nSPS) is 27.7. The third-order valence-corrected chi connectivity index (χ3v) is 6.72. The van der Waals surface area contributed by atoms with E-state index in [-0.39, 0.29) is 17.2 Å². The molecule has 3 fully saturated rings. The van der Waals surface area contributed by atoms with E-state index in [9.17, 15) is 9.59 Å². The first-order valence-corrected chi connectivity index (χ1v) is 10.3. The van der Waals surface area contributed by atoms with Crippen molar-refractivity contribution in [2.24, 2.45) is 11.3 Å². The molecular weight excluding hydrogens is 342 g/mol. The fourth-order valence-electron chi connectivity index (χ4n) is 4.87. The number of piperidine rings is 2. The molecule has 3 aliphatic rings. The van der Waals surface area contributed by atoms with Crippen molar-refractivity contribution in [2.75, 3.05) is 39.8 Å². The molecule has 4 rings (SSSR count). The van der Waals surface area contributed by atoms with Crippen molar-refractivity contribution in [1.82, 2.24) is 14.7 Å². The Morgan fingerprint density at radius 3 is 2.74 bits per heavy atom. The minimum atomic E-state index is -0.372. The summed E-state index contributed by atoms with van der Waals surface area (Å²) in [5.41, 5.74) is -0.372. The van der Waals surface area contributed by atoms with Crippen LogP contribution >= 0.6 is 0 Å². The predicted molar refractivity (Wildman–Crippen MR) is 102 cm³/mol. The van der Waals surface area contributed by atoms with Gasteiger partial charge in [-0.2, -0.15) is 0 Å². The molecular formula is C21H31N3O3. The fourth-order valence-corrected chi connectivity index (χ4v) is 4.87. The molecule has 6 heteroatoms. The maximum absolute atomic E-state index is 12.9. The highest BCUT2D eigenvalue weighted by atomic mass is 16.4. The average Bonchev–Trinajstić information content (AvgIpc) is 3.29. The summed E-state index contributed by atoms with van der Waals surface area (Å²) in [6.45, 7) is 7.25. The van der Waals surface area contributed by atoms with Gasteiger partial charge in [0.1, 0.15) is 5.76 Å². The van der Waals surface area contributed by atoms with Gasteiger partial charge in [-0.05, 0) is 63.2 Å². The van der Waals surface area contributed by atoms with Crippen molar-refractivity contribution < 1.29 is 14.0 Å². The number of carbonyl (C=O) groups excluding carboxylic acids is 2. The first-order valence-electron chi connectivity index (χ1n) is 10.3. The van der Waals surface area contributed by atoms with Gasteiger partial charge in [0.05, 0.1) is 12.0 Å². The number of furan rings is 1. The zero-order valence-electron chi connectivity index (χ0n) is 16.6. The molecule has 4 heterocycles. The molecule has 1 atom stereocenters. The maximum Gasteiger partial charge on any atom is 0.289 e. The number of nitrogens with zero attached hydrogens (tertiary/aromatic N) is 3. The summed E-state index contributed by atoms with van der Waals surface area (Å²) in [6.07, 6.45) is 5.12. The molecule has 0 aliphatic carbocycles. The Hall–Kier alpha value is -1.82. The first kappa shape index (κ1) is 18.5. The van der Waals surface area contributed by atoms with Gasteiger partial charge in [-0.3, -0.25) is 14.5 Å². The topological polar surface area (TPSA) is 57.0 Å². The zero-order chi connectivity index (χ0) is 19.0. The highest BCUT2D eigenvalue weighted by Gasteiger charge is 2.48. The number of amides is 2. The van der Waals surface area contributed by atoms with Gasteiger partial charge in [0.15, 0.2) is 5.76 Å². The van der Waals surface area contributed by atoms with E-state index in [4.69, 9.17) is 4.42 Å². The lowest BCUT2D eigenvalue weighted by Gasteiger charge is -2.37. The molecule has 0 N–H and O–H groups in total. The van der Waals surface area contributed by atoms with Crippen LogP contribution < -0.4 is 0 Å². The summed E-state index contributed by atoms with van der Waals surface area (Å²) in [5.74, 6) is 2.19. The van der Waals surface area contributed by atoms with Crippen molar-refractivity contribution in [3.05, 3.63) is 23.7 Å². The van der Waals surface area contributed by atoms with Crippen LogP contribution in [0.1, 0.15) is 55.3 Å². The second-order valence-corrected chi connectivity index (χ2v) is 8.81. The lowest BCUT2D eigenvalue weighted by molar-refractivity contribution is -0.143. The SMILES string of the molecule is CC1CCN(Cc2ccc(C(=O)N3CCC4(CCCN(C)C4=O)C3)o2)CC1. The quantitative estimate of drug-likeness (QED) is 0.817. The maximum atomic E-state index is 12.9. The number of rotatable bonds is 3. The number of hydrogen-bond donors (Lipinski definition) is 0. The van der Waals surface area contributed by atoms with Gasteiger partial charge in [0.25, 0.3) is 5.91 Å². The van der Waals surface area contributed by atoms with Crippen molar-refractivity contribution in [1.29, 1.82) is 0 Å². The summed E-state index contributed by atoms with van der Waals surface area (Å²) in [7, 11) is 1.87. The Bertz CT molecular complexity index is 707. The Morgan fingerprint density at radius 1 is 1.19 bits per heavy atom. The van der Waals surface area contributed by atoms with E-state index in [1.807, 2.05) is 22.9 Å². The summed E-state index contributed by atoms with van der Waals surface area (Å²) in [5, 5.41) is 0. The highest BCUT2D eigenvalue weighted by Crippen LogP contribution is 2.40. The molecule has 0 aromatic carbocycles. The molecule has 1 unspecified atom stereocenters. The largest absolute Gasteiger partial charge is 0.455 e. The lowest BCUT2D eigenvalue weighted by atomic mass is 9.78. The van der Waals surface area contributed by atoms with Gasteiger partial charge in [-0.15, -0.1) is 0 Å². The first-order chi connectivity index (χ1) is 13.0. The monoisotopic (exact) mass is 373 g/mol. The fraction of sp³-hybridized carbons (Fsp3) is 0.714. The van der Waals surface area contributed by atoms with E-state index in [1.165, 1.54) is 12.8 Å². The minimum Gasteiger partial charge on any atom is -0.455 e. The van der Waals surface area contributed by atoms with Gasteiger partial charge >= 0.3 is 0 Å². The van der Waals surface area contributed by atoms with E-state index in [2.05, 4.69) is 11.8 Å². The van der Waals surface area contributed by atoms with Crippen LogP contribution in [-0.2, 0) is 11.3 Å². The van der Waals surface area contributed by atoms with Gasteiger partial charge in [-0.1, -0.05) is 6.92 Å². The van der Waals surface area contributed by atoms with Gasteiger partial charge in [0, 0.05) is 26.7 Å². The van der Waals surface area contributed by atoms with E-state index < -0.39 is 0 Å². The summed E-state index contributed by atoms with van der Waals surface area (Å²) in [4.78, 5) is 31.6. The third-order valence-electron chi connectivity index (χ3n) is 6.72. The van der Waals surface area contributed by atoms with Crippen LogP contribution in [0.25, 0.3) is 0 Å². The summed E-state index contributed by atoms with van der Waals surface area (Å²) >= 11 is 0. The van der Waals surface area contributed by atoms with Crippen molar-refractivity contribution in [3.8, 4) is 0 Å². The Morgan fingerprint density at radius 2 is 1.96 bits per heavy atom. The van der Waals surface area contributed by atoms with Crippen LogP contribution in [0.5, 0.6) is 0 Å². The van der Waals surface area contributed by atoms with Crippen LogP contribution in [0, 0.1) is 11.3 Å². The molecule has 0 bridgehead atoms. The molecule has 3 aliphatic heterocycles. The zero-order valence-corrected chi connectivity index (χ0v) is 16.6. The molecule has 148 valence electrons. The number of likely N-dealkylation sites (tertiary alicyclic amines) is 3. The Labute approximate surface area is 161 Å². The van der Waals surface area contributed by atoms with Crippen LogP contribution in [0.2, 0.25) is 0 Å². The van der Waals surface area contributed by atoms with Crippen molar-refractivity contribution >= 4 is 11.8 Å². The Balaban J connectivity index is 1.38. The van der Waals surface area contributed by atoms with E-state index in [0.717, 1.165) is 57.1 Å². The highest BCUT2D eigenvalue weighted by molar-refractivity contribution is 5.93. The second-order valence-electron chi connectivity index (χ2n) is 8.81. The van der Waals surface area contributed by atoms with Crippen LogP contribution in [0.3, 0.4) is 0 Å². The molecule has 0 radical (unpaired) electrons. The molecule has 27 heavy (non-hydrogen) atoms. The molecule has 3 saturated heterocycles. The van der Waals surface area contributed by atoms with Gasteiger partial charge in [0.2, 0.25) is 5.91 Å². The lowest BCUT2D eigenvalue weighted by Crippen LogP contribution is -2.48. The molecule has 1 aromatic heterocycles. The Kier molecular flexibility index (Phi) is 5.01. The number of hydrogen-bond acceptors (Lipinski definition) is 4. The van der Waals surface area contributed by atoms with Crippen LogP contribution in [-0.4, -0.2) is 66.3 Å². The van der Waals surface area contributed by atoms with Crippen molar-refractivity contribution in [3.63, 3.8) is 0 Å². The summed E-state index contributed by atoms with van der Waals surface area (Å²) in [6, 6.07) is 3.72. The minimum absolute atomic E-state index is 0.0774. The van der Waals surface area contributed by atoms with Gasteiger partial charge in [-0.25, -0.2) is 0 Å². The second kappa shape index (κ2) is 7.30. The molecule has 1 aromatic rings. The smallest absolute Gasteiger partial charge is 0.289 e. The molecule has 2 amide bonds. The molecule has 1 spiro atoms. The van der Waals surface area contributed by atoms with Crippen LogP contribution in [0.15, 0.2) is 16.5 Å². The van der Waals surface area contributed by atoms with Crippen LogP contribution in [0.4, 0.5) is 0 Å². The third kappa shape index (κ3) is 3.64. The van der Waals surface area contributed by atoms with E-state index >= 15 is 0 Å². The average molecular weight is 373 g/mol. The molecule has 6 nitrogen and oxygen atoms in total.